The van der Waals surface area contributed by atoms with Crippen LogP contribution in [0.5, 0.6) is 5.75 Å². The molecule has 4 heteroatoms. The van der Waals surface area contributed by atoms with Crippen molar-refractivity contribution in [1.82, 2.24) is 4.98 Å². The van der Waals surface area contributed by atoms with Crippen LogP contribution >= 0.6 is 0 Å². The number of fused-ring (bicyclic) bond motifs is 1. The third-order valence-electron chi connectivity index (χ3n) is 4.14. The molecule has 1 heterocycles. The number of nitrogens with zero attached hydrogens (tertiary/aromatic N) is 1. The number of unbranched alkanes of at least 4 members (excludes halogenated alkanes) is 4. The second kappa shape index (κ2) is 9.26. The van der Waals surface area contributed by atoms with Crippen LogP contribution in [0.25, 0.3) is 10.9 Å². The fourth-order valence-electron chi connectivity index (χ4n) is 2.87. The van der Waals surface area contributed by atoms with Gasteiger partial charge in [0.1, 0.15) is 5.75 Å². The number of pyridine rings is 1. The van der Waals surface area contributed by atoms with Crippen molar-refractivity contribution in [3.8, 4) is 5.75 Å². The third-order valence-corrected chi connectivity index (χ3v) is 4.14. The van der Waals surface area contributed by atoms with E-state index in [-0.39, 0.29) is 12.8 Å². The summed E-state index contributed by atoms with van der Waals surface area (Å²) in [7, 11) is 0. The van der Waals surface area contributed by atoms with E-state index >= 15 is 0 Å². The van der Waals surface area contributed by atoms with Gasteiger partial charge >= 0.3 is 5.97 Å². The monoisotopic (exact) mass is 329 g/mol. The lowest BCUT2D eigenvalue weighted by Gasteiger charge is -2.16. The van der Waals surface area contributed by atoms with Crippen molar-refractivity contribution in [3.63, 3.8) is 0 Å². The highest BCUT2D eigenvalue weighted by Gasteiger charge is 2.14. The maximum atomic E-state index is 11.0. The summed E-state index contributed by atoms with van der Waals surface area (Å²) in [5.74, 6) is 0.459. The lowest BCUT2D eigenvalue weighted by Crippen LogP contribution is -2.09. The van der Waals surface area contributed by atoms with Gasteiger partial charge in [-0.3, -0.25) is 9.78 Å². The van der Waals surface area contributed by atoms with E-state index in [1.165, 1.54) is 32.6 Å². The molecule has 0 radical (unpaired) electrons. The summed E-state index contributed by atoms with van der Waals surface area (Å²) in [4.78, 5) is 15.7. The van der Waals surface area contributed by atoms with Gasteiger partial charge in [0.25, 0.3) is 0 Å². The number of benzene rings is 1. The summed E-state index contributed by atoms with van der Waals surface area (Å²) in [6.45, 7) is 5.56. The van der Waals surface area contributed by atoms with Gasteiger partial charge in [0.05, 0.1) is 5.52 Å². The van der Waals surface area contributed by atoms with Crippen LogP contribution in [0, 0.1) is 6.92 Å². The maximum absolute atomic E-state index is 11.0. The molecule has 0 saturated carbocycles. The number of hydrogen-bond donors (Lipinski definition) is 0. The van der Waals surface area contributed by atoms with E-state index in [2.05, 4.69) is 6.92 Å². The number of esters is 1. The van der Waals surface area contributed by atoms with Gasteiger partial charge in [-0.2, -0.15) is 0 Å². The van der Waals surface area contributed by atoms with Crippen molar-refractivity contribution in [3.05, 3.63) is 35.5 Å². The molecule has 4 nitrogen and oxygen atoms in total. The van der Waals surface area contributed by atoms with Crippen molar-refractivity contribution in [2.45, 2.75) is 59.3 Å². The Hall–Kier alpha value is -2.10. The number of aryl methyl sites for hydroxylation is 1. The number of para-hydroxylation sites is 1. The Morgan fingerprint density at radius 2 is 1.88 bits per heavy atom. The van der Waals surface area contributed by atoms with Gasteiger partial charge < -0.3 is 9.47 Å². The van der Waals surface area contributed by atoms with Gasteiger partial charge in [-0.1, -0.05) is 44.7 Å². The van der Waals surface area contributed by atoms with Crippen LogP contribution in [-0.4, -0.2) is 17.7 Å². The molecule has 0 N–H and O–H groups in total. The minimum absolute atomic E-state index is 0.0639. The van der Waals surface area contributed by atoms with E-state index in [0.29, 0.717) is 0 Å². The summed E-state index contributed by atoms with van der Waals surface area (Å²) in [5.41, 5.74) is 3.02. The van der Waals surface area contributed by atoms with Gasteiger partial charge in [0.2, 0.25) is 6.79 Å². The number of hydrogen-bond acceptors (Lipinski definition) is 4. The highest BCUT2D eigenvalue weighted by molar-refractivity contribution is 5.86. The van der Waals surface area contributed by atoms with Crippen LogP contribution in [0.1, 0.15) is 57.2 Å². The maximum Gasteiger partial charge on any atom is 0.305 e. The smallest absolute Gasteiger partial charge is 0.305 e. The van der Waals surface area contributed by atoms with Crippen LogP contribution < -0.4 is 4.74 Å². The van der Waals surface area contributed by atoms with E-state index < -0.39 is 0 Å². The Morgan fingerprint density at radius 3 is 2.62 bits per heavy atom. The second-order valence-corrected chi connectivity index (χ2v) is 6.08. The molecule has 0 aliphatic carbocycles. The van der Waals surface area contributed by atoms with E-state index in [4.69, 9.17) is 14.5 Å². The first kappa shape index (κ1) is 18.2. The molecule has 0 unspecified atom stereocenters. The van der Waals surface area contributed by atoms with Crippen molar-refractivity contribution in [2.75, 3.05) is 6.79 Å². The lowest BCUT2D eigenvalue weighted by molar-refractivity contribution is -0.147. The zero-order chi connectivity index (χ0) is 17.4. The predicted octanol–water partition coefficient (Wildman–Crippen LogP) is 4.96. The summed E-state index contributed by atoms with van der Waals surface area (Å²) < 4.78 is 10.8. The molecule has 0 aliphatic heterocycles. The predicted molar refractivity (Wildman–Crippen MR) is 96.2 cm³/mol. The van der Waals surface area contributed by atoms with Crippen molar-refractivity contribution < 1.29 is 14.3 Å². The minimum atomic E-state index is -0.341. The standard InChI is InChI=1S/C20H27NO3/c1-4-5-6-7-8-11-17-15(2)21-19-13-10-9-12-18(19)20(17)24-14-23-16(3)22/h9-10,12-13H,4-8,11,14H2,1-3H3. The molecule has 0 aliphatic rings. The Bertz CT molecular complexity index is 682. The summed E-state index contributed by atoms with van der Waals surface area (Å²) in [5, 5.41) is 0.971. The van der Waals surface area contributed by atoms with Crippen molar-refractivity contribution in [2.24, 2.45) is 0 Å². The van der Waals surface area contributed by atoms with Crippen molar-refractivity contribution >= 4 is 16.9 Å². The quantitative estimate of drug-likeness (QED) is 0.371. The second-order valence-electron chi connectivity index (χ2n) is 6.08. The SMILES string of the molecule is CCCCCCCc1c(C)nc2ccccc2c1OCOC(C)=O. The Balaban J connectivity index is 2.22. The average molecular weight is 329 g/mol. The number of carbonyl (C=O) groups excluding carboxylic acids is 1. The van der Waals surface area contributed by atoms with Crippen LogP contribution in [0.4, 0.5) is 0 Å². The molecule has 1 aromatic heterocycles. The van der Waals surface area contributed by atoms with Gasteiger partial charge in [-0.05, 0) is 31.9 Å². The summed E-state index contributed by atoms with van der Waals surface area (Å²) in [6.07, 6.45) is 7.05. The lowest BCUT2D eigenvalue weighted by atomic mass is 10.0. The van der Waals surface area contributed by atoms with E-state index in [1.54, 1.807) is 0 Å². The highest BCUT2D eigenvalue weighted by Crippen LogP contribution is 2.32. The molecule has 0 spiro atoms. The van der Waals surface area contributed by atoms with Gasteiger partial charge in [-0.15, -0.1) is 0 Å². The molecular formula is C20H27NO3. The molecule has 24 heavy (non-hydrogen) atoms. The van der Waals surface area contributed by atoms with Gasteiger partial charge in [0.15, 0.2) is 0 Å². The first-order chi connectivity index (χ1) is 11.6. The van der Waals surface area contributed by atoms with Gasteiger partial charge in [-0.25, -0.2) is 0 Å². The zero-order valence-electron chi connectivity index (χ0n) is 14.9. The molecule has 2 aromatic rings. The van der Waals surface area contributed by atoms with E-state index in [0.717, 1.165) is 40.8 Å². The van der Waals surface area contributed by atoms with Crippen LogP contribution in [0.2, 0.25) is 0 Å². The topological polar surface area (TPSA) is 48.4 Å². The van der Waals surface area contributed by atoms with Crippen LogP contribution in [-0.2, 0) is 16.0 Å². The first-order valence-corrected chi connectivity index (χ1v) is 8.77. The van der Waals surface area contributed by atoms with E-state index in [1.807, 2.05) is 31.2 Å². The molecule has 0 amide bonds. The van der Waals surface area contributed by atoms with Gasteiger partial charge in [0, 0.05) is 23.6 Å². The van der Waals surface area contributed by atoms with Crippen molar-refractivity contribution in [1.29, 1.82) is 0 Å². The molecule has 0 bridgehead atoms. The Kier molecular flexibility index (Phi) is 7.04. The molecule has 1 aromatic carbocycles. The third kappa shape index (κ3) is 4.95. The zero-order valence-corrected chi connectivity index (χ0v) is 14.9. The number of carbonyl (C=O) groups is 1. The van der Waals surface area contributed by atoms with Crippen LogP contribution in [0.15, 0.2) is 24.3 Å². The normalized spacial score (nSPS) is 10.8. The fourth-order valence-corrected chi connectivity index (χ4v) is 2.87. The molecule has 0 saturated heterocycles. The molecule has 2 rings (SSSR count). The first-order valence-electron chi connectivity index (χ1n) is 8.77. The molecule has 0 fully saturated rings. The molecular weight excluding hydrogens is 302 g/mol. The summed E-state index contributed by atoms with van der Waals surface area (Å²) in [6, 6.07) is 7.93. The summed E-state index contributed by atoms with van der Waals surface area (Å²) >= 11 is 0. The Labute approximate surface area is 144 Å². The largest absolute Gasteiger partial charge is 0.456 e. The van der Waals surface area contributed by atoms with Crippen LogP contribution in [0.3, 0.4) is 0 Å². The fraction of sp³-hybridized carbons (Fsp3) is 0.500. The number of aromatic nitrogens is 1. The Morgan fingerprint density at radius 1 is 1.12 bits per heavy atom. The average Bonchev–Trinajstić information content (AvgIpc) is 2.56. The minimum Gasteiger partial charge on any atom is -0.456 e. The highest BCUT2D eigenvalue weighted by atomic mass is 16.7. The number of rotatable bonds is 9. The molecule has 0 atom stereocenters. The van der Waals surface area contributed by atoms with E-state index in [9.17, 15) is 4.79 Å². The molecule has 130 valence electrons. The number of ether oxygens (including phenoxy) is 2.